The molecule has 0 aliphatic heterocycles. The summed E-state index contributed by atoms with van der Waals surface area (Å²) in [5.41, 5.74) is 1.39. The van der Waals surface area contributed by atoms with Crippen molar-refractivity contribution >= 4 is 54.8 Å². The molecule has 170 valence electrons. The highest BCUT2D eigenvalue weighted by molar-refractivity contribution is 9.10. The number of methoxy groups -OCH3 is 3. The average Bonchev–Trinajstić information content (AvgIpc) is 2.76. The van der Waals surface area contributed by atoms with Crippen LogP contribution in [0.5, 0.6) is 17.2 Å². The van der Waals surface area contributed by atoms with E-state index in [1.54, 1.807) is 56.8 Å². The standard InChI is InChI=1S/C20H22BrN5O5S/c1-29-12-5-7-15(16(9-12)26-32(4,27)28)23-19-14(21)11-22-20(25-19)24-17-10-13(30-2)6-8-18(17)31-3/h5-11,26H,1-4H3,(H2,22,23,24,25). The number of nitrogens with one attached hydrogen (secondary N) is 3. The first-order valence-corrected chi connectivity index (χ1v) is 11.8. The molecular weight excluding hydrogens is 502 g/mol. The van der Waals surface area contributed by atoms with E-state index >= 15 is 0 Å². The zero-order chi connectivity index (χ0) is 23.3. The van der Waals surface area contributed by atoms with E-state index in [9.17, 15) is 8.42 Å². The molecule has 3 aromatic rings. The number of sulfonamides is 1. The van der Waals surface area contributed by atoms with Crippen LogP contribution in [0.2, 0.25) is 0 Å². The molecule has 2 aromatic carbocycles. The maximum Gasteiger partial charge on any atom is 0.229 e. The van der Waals surface area contributed by atoms with Gasteiger partial charge in [0.1, 0.15) is 23.1 Å². The number of anilines is 5. The van der Waals surface area contributed by atoms with Gasteiger partial charge in [0.25, 0.3) is 0 Å². The monoisotopic (exact) mass is 523 g/mol. The van der Waals surface area contributed by atoms with Gasteiger partial charge in [0.05, 0.1) is 49.1 Å². The molecule has 0 aliphatic rings. The van der Waals surface area contributed by atoms with E-state index in [2.05, 4.69) is 41.3 Å². The Morgan fingerprint density at radius 1 is 0.875 bits per heavy atom. The van der Waals surface area contributed by atoms with E-state index in [1.165, 1.54) is 7.11 Å². The number of benzene rings is 2. The molecule has 0 amide bonds. The lowest BCUT2D eigenvalue weighted by atomic mass is 10.2. The molecule has 0 unspecified atom stereocenters. The van der Waals surface area contributed by atoms with Gasteiger partial charge in [-0.05, 0) is 40.2 Å². The zero-order valence-electron chi connectivity index (χ0n) is 17.8. The average molecular weight is 524 g/mol. The summed E-state index contributed by atoms with van der Waals surface area (Å²) in [6.45, 7) is 0. The molecule has 1 aromatic heterocycles. The van der Waals surface area contributed by atoms with Gasteiger partial charge in [0.15, 0.2) is 0 Å². The van der Waals surface area contributed by atoms with Crippen molar-refractivity contribution in [2.24, 2.45) is 0 Å². The van der Waals surface area contributed by atoms with Crippen molar-refractivity contribution in [2.75, 3.05) is 42.9 Å². The third-order valence-corrected chi connectivity index (χ3v) is 5.34. The first-order chi connectivity index (χ1) is 15.2. The van der Waals surface area contributed by atoms with E-state index in [1.807, 2.05) is 0 Å². The fourth-order valence-corrected chi connectivity index (χ4v) is 3.58. The SMILES string of the molecule is COc1ccc(Nc2nc(Nc3cc(OC)ccc3OC)ncc2Br)c(NS(C)(=O)=O)c1. The van der Waals surface area contributed by atoms with Gasteiger partial charge in [-0.1, -0.05) is 0 Å². The van der Waals surface area contributed by atoms with Crippen LogP contribution in [0.15, 0.2) is 47.1 Å². The van der Waals surface area contributed by atoms with Crippen LogP contribution in [-0.4, -0.2) is 46.0 Å². The number of halogens is 1. The Bertz CT molecular complexity index is 1220. The first-order valence-electron chi connectivity index (χ1n) is 9.17. The topological polar surface area (TPSA) is 124 Å². The number of aromatic nitrogens is 2. The third-order valence-electron chi connectivity index (χ3n) is 4.17. The van der Waals surface area contributed by atoms with Gasteiger partial charge in [0.2, 0.25) is 16.0 Å². The lowest BCUT2D eigenvalue weighted by Gasteiger charge is -2.16. The smallest absolute Gasteiger partial charge is 0.229 e. The van der Waals surface area contributed by atoms with E-state index in [0.29, 0.717) is 44.6 Å². The Hall–Kier alpha value is -3.25. The van der Waals surface area contributed by atoms with Gasteiger partial charge in [-0.25, -0.2) is 13.4 Å². The second kappa shape index (κ2) is 9.92. The van der Waals surface area contributed by atoms with Gasteiger partial charge in [0, 0.05) is 18.3 Å². The molecule has 0 saturated heterocycles. The fraction of sp³-hybridized carbons (Fsp3) is 0.200. The summed E-state index contributed by atoms with van der Waals surface area (Å²) in [5, 5.41) is 6.22. The maximum absolute atomic E-state index is 11.8. The van der Waals surface area contributed by atoms with Crippen molar-refractivity contribution in [3.63, 3.8) is 0 Å². The van der Waals surface area contributed by atoms with E-state index in [-0.39, 0.29) is 5.95 Å². The van der Waals surface area contributed by atoms with E-state index in [0.717, 1.165) is 6.26 Å². The predicted molar refractivity (Wildman–Crippen MR) is 127 cm³/mol. The van der Waals surface area contributed by atoms with Crippen LogP contribution < -0.4 is 29.6 Å². The van der Waals surface area contributed by atoms with Crippen LogP contribution in [0.4, 0.5) is 28.8 Å². The van der Waals surface area contributed by atoms with Crippen molar-refractivity contribution in [3.05, 3.63) is 47.1 Å². The zero-order valence-corrected chi connectivity index (χ0v) is 20.2. The van der Waals surface area contributed by atoms with Crippen LogP contribution in [0.25, 0.3) is 0 Å². The summed E-state index contributed by atoms with van der Waals surface area (Å²) in [6, 6.07) is 10.2. The number of ether oxygens (including phenoxy) is 3. The largest absolute Gasteiger partial charge is 0.497 e. The van der Waals surface area contributed by atoms with Crippen LogP contribution in [-0.2, 0) is 10.0 Å². The summed E-state index contributed by atoms with van der Waals surface area (Å²) >= 11 is 3.42. The third kappa shape index (κ3) is 5.92. The molecule has 0 radical (unpaired) electrons. The second-order valence-corrected chi connectivity index (χ2v) is 9.09. The number of nitrogens with zero attached hydrogens (tertiary/aromatic N) is 2. The summed E-state index contributed by atoms with van der Waals surface area (Å²) in [7, 11) is 1.11. The van der Waals surface area contributed by atoms with E-state index < -0.39 is 10.0 Å². The van der Waals surface area contributed by atoms with Gasteiger partial charge >= 0.3 is 0 Å². The molecule has 0 atom stereocenters. The Kier molecular flexibility index (Phi) is 7.26. The quantitative estimate of drug-likeness (QED) is 0.379. The molecule has 0 spiro atoms. The van der Waals surface area contributed by atoms with Crippen LogP contribution in [0.3, 0.4) is 0 Å². The highest BCUT2D eigenvalue weighted by Gasteiger charge is 2.14. The highest BCUT2D eigenvalue weighted by Crippen LogP contribution is 2.34. The molecule has 3 rings (SSSR count). The predicted octanol–water partition coefficient (Wildman–Crippen LogP) is 4.12. The van der Waals surface area contributed by atoms with Crippen molar-refractivity contribution in [1.29, 1.82) is 0 Å². The minimum Gasteiger partial charge on any atom is -0.497 e. The molecular formula is C20H22BrN5O5S. The normalized spacial score (nSPS) is 10.9. The number of hydrogen-bond acceptors (Lipinski definition) is 9. The Balaban J connectivity index is 1.94. The van der Waals surface area contributed by atoms with E-state index in [4.69, 9.17) is 14.2 Å². The minimum atomic E-state index is -3.52. The molecule has 12 heteroatoms. The summed E-state index contributed by atoms with van der Waals surface area (Å²) < 4.78 is 42.5. The molecule has 1 heterocycles. The van der Waals surface area contributed by atoms with Gasteiger partial charge in [-0.2, -0.15) is 4.98 Å². The van der Waals surface area contributed by atoms with Gasteiger partial charge in [-0.3, -0.25) is 4.72 Å². The Labute approximate surface area is 194 Å². The number of rotatable bonds is 9. The van der Waals surface area contributed by atoms with Crippen molar-refractivity contribution in [1.82, 2.24) is 9.97 Å². The molecule has 3 N–H and O–H groups in total. The lowest BCUT2D eigenvalue weighted by Crippen LogP contribution is -2.11. The van der Waals surface area contributed by atoms with Crippen molar-refractivity contribution in [2.45, 2.75) is 0 Å². The Morgan fingerprint density at radius 2 is 1.53 bits per heavy atom. The summed E-state index contributed by atoms with van der Waals surface area (Å²) in [6.07, 6.45) is 2.64. The number of hydrogen-bond donors (Lipinski definition) is 3. The van der Waals surface area contributed by atoms with Crippen molar-refractivity contribution < 1.29 is 22.6 Å². The molecule has 0 bridgehead atoms. The molecule has 32 heavy (non-hydrogen) atoms. The van der Waals surface area contributed by atoms with Gasteiger partial charge < -0.3 is 24.8 Å². The summed E-state index contributed by atoms with van der Waals surface area (Å²) in [4.78, 5) is 8.77. The van der Waals surface area contributed by atoms with Crippen LogP contribution in [0.1, 0.15) is 0 Å². The van der Waals surface area contributed by atoms with Crippen LogP contribution >= 0.6 is 15.9 Å². The minimum absolute atomic E-state index is 0.286. The lowest BCUT2D eigenvalue weighted by molar-refractivity contribution is 0.405. The maximum atomic E-state index is 11.8. The molecule has 0 aliphatic carbocycles. The molecule has 0 saturated carbocycles. The summed E-state index contributed by atoms with van der Waals surface area (Å²) in [5.74, 6) is 2.41. The van der Waals surface area contributed by atoms with Crippen LogP contribution in [0, 0.1) is 0 Å². The highest BCUT2D eigenvalue weighted by atomic mass is 79.9. The van der Waals surface area contributed by atoms with Gasteiger partial charge in [-0.15, -0.1) is 0 Å². The fourth-order valence-electron chi connectivity index (χ4n) is 2.72. The molecule has 0 fully saturated rings. The Morgan fingerprint density at radius 3 is 2.16 bits per heavy atom. The van der Waals surface area contributed by atoms with Crippen molar-refractivity contribution in [3.8, 4) is 17.2 Å². The molecule has 10 nitrogen and oxygen atoms in total. The second-order valence-electron chi connectivity index (χ2n) is 6.49. The first kappa shape index (κ1) is 23.4.